The second kappa shape index (κ2) is 7.29. The first-order valence-electron chi connectivity index (χ1n) is 5.20. The zero-order valence-corrected chi connectivity index (χ0v) is 10.4. The molecule has 0 aromatic carbocycles. The minimum Gasteiger partial charge on any atom is -0.490 e. The number of ether oxygens (including phenoxy) is 1. The average Bonchev–Trinajstić information content (AvgIpc) is 2.33. The molecule has 0 unspecified atom stereocenters. The molecule has 2 N–H and O–H groups in total. The predicted octanol–water partition coefficient (Wildman–Crippen LogP) is 1.39. The summed E-state index contributed by atoms with van der Waals surface area (Å²) >= 11 is 1.45. The molecule has 0 saturated heterocycles. The van der Waals surface area contributed by atoms with E-state index in [9.17, 15) is 0 Å². The first-order chi connectivity index (χ1) is 7.83. The van der Waals surface area contributed by atoms with E-state index >= 15 is 0 Å². The monoisotopic (exact) mass is 243 g/mol. The van der Waals surface area contributed by atoms with E-state index in [0.29, 0.717) is 17.3 Å². The van der Waals surface area contributed by atoms with Gasteiger partial charge in [0.1, 0.15) is 11.4 Å². The smallest absolute Gasteiger partial charge is 0.193 e. The highest BCUT2D eigenvalue weighted by Gasteiger charge is 2.11. The van der Waals surface area contributed by atoms with Gasteiger partial charge in [0.25, 0.3) is 0 Å². The van der Waals surface area contributed by atoms with Crippen LogP contribution >= 0.6 is 11.8 Å². The van der Waals surface area contributed by atoms with Gasteiger partial charge in [-0.25, -0.2) is 9.97 Å². The lowest BCUT2D eigenvalue weighted by Gasteiger charge is -2.11. The van der Waals surface area contributed by atoms with Crippen LogP contribution in [0.5, 0.6) is 5.75 Å². The summed E-state index contributed by atoms with van der Waals surface area (Å²) in [6, 6.07) is 0. The third-order valence-corrected chi connectivity index (χ3v) is 2.80. The standard InChI is InChI=1S/C10H17N3O2S/c1-3-4-11-9-8(15-2)10(13-7-12-9)16-6-5-14/h7,14H,3-6H2,1-2H3,(H,11,12,13). The molecule has 90 valence electrons. The van der Waals surface area contributed by atoms with E-state index in [1.165, 1.54) is 18.1 Å². The van der Waals surface area contributed by atoms with Gasteiger partial charge in [0, 0.05) is 12.3 Å². The Balaban J connectivity index is 2.82. The molecule has 1 aromatic rings. The van der Waals surface area contributed by atoms with Crippen LogP contribution in [0.1, 0.15) is 13.3 Å². The van der Waals surface area contributed by atoms with Crippen molar-refractivity contribution in [3.63, 3.8) is 0 Å². The second-order valence-electron chi connectivity index (χ2n) is 3.06. The number of nitrogens with one attached hydrogen (secondary N) is 1. The Morgan fingerprint density at radius 2 is 2.31 bits per heavy atom. The van der Waals surface area contributed by atoms with E-state index < -0.39 is 0 Å². The molecule has 0 aliphatic rings. The molecule has 0 aliphatic heterocycles. The molecule has 16 heavy (non-hydrogen) atoms. The molecule has 5 nitrogen and oxygen atoms in total. The van der Waals surface area contributed by atoms with Crippen molar-refractivity contribution >= 4 is 17.6 Å². The Bertz CT molecular complexity index is 297. The molecule has 0 aliphatic carbocycles. The van der Waals surface area contributed by atoms with Gasteiger partial charge in [-0.05, 0) is 6.42 Å². The summed E-state index contributed by atoms with van der Waals surface area (Å²) in [5.74, 6) is 1.95. The Morgan fingerprint density at radius 3 is 2.94 bits per heavy atom. The topological polar surface area (TPSA) is 67.3 Å². The van der Waals surface area contributed by atoms with Crippen LogP contribution in [-0.2, 0) is 0 Å². The van der Waals surface area contributed by atoms with Gasteiger partial charge in [0.05, 0.1) is 13.7 Å². The maximum Gasteiger partial charge on any atom is 0.193 e. The Labute approximate surface area is 99.6 Å². The van der Waals surface area contributed by atoms with Crippen LogP contribution < -0.4 is 10.1 Å². The molecule has 1 heterocycles. The molecule has 0 radical (unpaired) electrons. The van der Waals surface area contributed by atoms with E-state index in [4.69, 9.17) is 9.84 Å². The number of rotatable bonds is 7. The second-order valence-corrected chi connectivity index (χ2v) is 4.14. The largest absolute Gasteiger partial charge is 0.490 e. The molecular weight excluding hydrogens is 226 g/mol. The molecule has 0 atom stereocenters. The van der Waals surface area contributed by atoms with E-state index in [0.717, 1.165) is 18.0 Å². The van der Waals surface area contributed by atoms with E-state index in [1.807, 2.05) is 0 Å². The van der Waals surface area contributed by atoms with Crippen LogP contribution in [-0.4, -0.2) is 41.1 Å². The number of nitrogens with zero attached hydrogens (tertiary/aromatic N) is 2. The quantitative estimate of drug-likeness (QED) is 0.557. The number of aliphatic hydroxyl groups excluding tert-OH is 1. The first kappa shape index (κ1) is 13.1. The fourth-order valence-corrected chi connectivity index (χ4v) is 1.87. The van der Waals surface area contributed by atoms with Crippen LogP contribution in [0.2, 0.25) is 0 Å². The highest BCUT2D eigenvalue weighted by atomic mass is 32.2. The van der Waals surface area contributed by atoms with Crippen LogP contribution in [0, 0.1) is 0 Å². The number of hydrogen-bond donors (Lipinski definition) is 2. The zero-order chi connectivity index (χ0) is 11.8. The molecule has 1 rings (SSSR count). The maximum atomic E-state index is 8.78. The van der Waals surface area contributed by atoms with E-state index in [-0.39, 0.29) is 6.61 Å². The van der Waals surface area contributed by atoms with Gasteiger partial charge in [-0.15, -0.1) is 11.8 Å². The van der Waals surface area contributed by atoms with Crippen LogP contribution in [0.4, 0.5) is 5.82 Å². The number of aromatic nitrogens is 2. The lowest BCUT2D eigenvalue weighted by atomic mass is 10.4. The van der Waals surface area contributed by atoms with Crippen molar-refractivity contribution in [3.05, 3.63) is 6.33 Å². The summed E-state index contributed by atoms with van der Waals surface area (Å²) in [6.45, 7) is 3.05. The summed E-state index contributed by atoms with van der Waals surface area (Å²) in [7, 11) is 1.60. The van der Waals surface area contributed by atoms with Gasteiger partial charge >= 0.3 is 0 Å². The van der Waals surface area contributed by atoms with E-state index in [2.05, 4.69) is 22.2 Å². The van der Waals surface area contributed by atoms with Crippen molar-refractivity contribution in [2.75, 3.05) is 31.3 Å². The molecule has 0 fully saturated rings. The average molecular weight is 243 g/mol. The zero-order valence-electron chi connectivity index (χ0n) is 9.56. The number of aliphatic hydroxyl groups is 1. The number of thioether (sulfide) groups is 1. The highest BCUT2D eigenvalue weighted by molar-refractivity contribution is 7.99. The molecule has 0 amide bonds. The third kappa shape index (κ3) is 3.53. The summed E-state index contributed by atoms with van der Waals surface area (Å²) in [4.78, 5) is 8.26. The third-order valence-electron chi connectivity index (χ3n) is 1.85. The molecule has 6 heteroatoms. The molecule has 0 bridgehead atoms. The van der Waals surface area contributed by atoms with Crippen molar-refractivity contribution < 1.29 is 9.84 Å². The lowest BCUT2D eigenvalue weighted by Crippen LogP contribution is -2.05. The Hall–Kier alpha value is -1.01. The van der Waals surface area contributed by atoms with Crippen LogP contribution in [0.15, 0.2) is 11.4 Å². The van der Waals surface area contributed by atoms with Crippen molar-refractivity contribution in [1.29, 1.82) is 0 Å². The van der Waals surface area contributed by atoms with Gasteiger partial charge in [-0.3, -0.25) is 0 Å². The Morgan fingerprint density at radius 1 is 1.50 bits per heavy atom. The van der Waals surface area contributed by atoms with Crippen LogP contribution in [0.3, 0.4) is 0 Å². The van der Waals surface area contributed by atoms with Gasteiger partial charge < -0.3 is 15.2 Å². The number of methoxy groups -OCH3 is 1. The van der Waals surface area contributed by atoms with Crippen molar-refractivity contribution in [2.24, 2.45) is 0 Å². The summed E-state index contributed by atoms with van der Waals surface area (Å²) < 4.78 is 5.28. The minimum absolute atomic E-state index is 0.121. The number of anilines is 1. The molecule has 0 spiro atoms. The maximum absolute atomic E-state index is 8.78. The van der Waals surface area contributed by atoms with Gasteiger partial charge in [0.15, 0.2) is 11.6 Å². The normalized spacial score (nSPS) is 10.2. The minimum atomic E-state index is 0.121. The highest BCUT2D eigenvalue weighted by Crippen LogP contribution is 2.31. The van der Waals surface area contributed by atoms with Crippen LogP contribution in [0.25, 0.3) is 0 Å². The SMILES string of the molecule is CCCNc1ncnc(SCCO)c1OC. The van der Waals surface area contributed by atoms with Crippen molar-refractivity contribution in [2.45, 2.75) is 18.4 Å². The van der Waals surface area contributed by atoms with Crippen molar-refractivity contribution in [3.8, 4) is 5.75 Å². The fraction of sp³-hybridized carbons (Fsp3) is 0.600. The number of hydrogen-bond acceptors (Lipinski definition) is 6. The lowest BCUT2D eigenvalue weighted by molar-refractivity contribution is 0.322. The molecular formula is C10H17N3O2S. The van der Waals surface area contributed by atoms with Gasteiger partial charge in [-0.1, -0.05) is 6.92 Å². The van der Waals surface area contributed by atoms with E-state index in [1.54, 1.807) is 7.11 Å². The molecule has 1 aromatic heterocycles. The van der Waals surface area contributed by atoms with Crippen molar-refractivity contribution in [1.82, 2.24) is 9.97 Å². The van der Waals surface area contributed by atoms with Gasteiger partial charge in [0.2, 0.25) is 0 Å². The Kier molecular flexibility index (Phi) is 5.95. The fourth-order valence-electron chi connectivity index (χ4n) is 1.16. The predicted molar refractivity (Wildman–Crippen MR) is 65.2 cm³/mol. The van der Waals surface area contributed by atoms with Gasteiger partial charge in [-0.2, -0.15) is 0 Å². The first-order valence-corrected chi connectivity index (χ1v) is 6.18. The summed E-state index contributed by atoms with van der Waals surface area (Å²) in [6.07, 6.45) is 2.52. The molecule has 0 saturated carbocycles. The summed E-state index contributed by atoms with van der Waals surface area (Å²) in [5, 5.41) is 12.7. The summed E-state index contributed by atoms with van der Waals surface area (Å²) in [5.41, 5.74) is 0.